The first-order chi connectivity index (χ1) is 22.4. The smallest absolute Gasteiger partial charge is 0.287 e. The first-order valence-corrected chi connectivity index (χ1v) is 16.8. The van der Waals surface area contributed by atoms with E-state index in [0.29, 0.717) is 5.69 Å². The second-order valence-electron chi connectivity index (χ2n) is 13.2. The van der Waals surface area contributed by atoms with Gasteiger partial charge in [-0.3, -0.25) is 19.1 Å². The molecule has 2 saturated carbocycles. The fourth-order valence-electron chi connectivity index (χ4n) is 7.35. The number of nitrogens with zero attached hydrogens (tertiary/aromatic N) is 2. The number of hydrogen-bond acceptors (Lipinski definition) is 4. The van der Waals surface area contributed by atoms with Crippen molar-refractivity contribution in [3.8, 4) is 0 Å². The molecule has 2 fully saturated rings. The molecular weight excluding hydrogens is 614 g/mol. The number of carbonyl (C=O) groups is 3. The average molecular weight is 662 g/mol. The van der Waals surface area contributed by atoms with E-state index in [1.54, 1.807) is 22.3 Å². The fraction of sp³-hybridized carbons (Fsp3) is 0.600. The molecule has 12 heteroatoms. The highest BCUT2D eigenvalue weighted by Gasteiger charge is 2.42. The largest absolute Gasteiger partial charge is 0.339 e. The lowest BCUT2D eigenvalue weighted by atomic mass is 9.66. The number of carbonyl (C=O) groups excluding carboxylic acids is 3. The Morgan fingerprint density at radius 2 is 1.51 bits per heavy atom. The molecule has 8 nitrogen and oxygen atoms in total. The third-order valence-corrected chi connectivity index (χ3v) is 9.75. The van der Waals surface area contributed by atoms with Crippen LogP contribution in [0.4, 0.5) is 23.2 Å². The quantitative estimate of drug-likeness (QED) is 0.152. The third kappa shape index (κ3) is 8.81. The van der Waals surface area contributed by atoms with Crippen molar-refractivity contribution in [2.24, 2.45) is 17.8 Å². The summed E-state index contributed by atoms with van der Waals surface area (Å²) in [6.45, 7) is 8.87. The van der Waals surface area contributed by atoms with Crippen molar-refractivity contribution in [1.29, 1.82) is 0 Å². The highest BCUT2D eigenvalue weighted by Crippen LogP contribution is 2.42. The van der Waals surface area contributed by atoms with E-state index in [0.717, 1.165) is 70.3 Å². The van der Waals surface area contributed by atoms with Crippen LogP contribution in [0.5, 0.6) is 0 Å². The molecule has 0 saturated heterocycles. The third-order valence-electron chi connectivity index (χ3n) is 9.75. The number of alkyl halides is 3. The number of nitrogens with one attached hydrogen (secondary N) is 3. The van der Waals surface area contributed by atoms with Gasteiger partial charge in [0.1, 0.15) is 17.6 Å². The monoisotopic (exact) mass is 661 g/mol. The van der Waals surface area contributed by atoms with Crippen LogP contribution in [0.3, 0.4) is 0 Å². The summed E-state index contributed by atoms with van der Waals surface area (Å²) in [7, 11) is 0. The Labute approximate surface area is 274 Å². The van der Waals surface area contributed by atoms with E-state index in [2.05, 4.69) is 22.3 Å². The minimum atomic E-state index is -3.41. The molecule has 1 aromatic carbocycles. The summed E-state index contributed by atoms with van der Waals surface area (Å²) in [5.74, 6) is -3.86. The summed E-state index contributed by atoms with van der Waals surface area (Å²) < 4.78 is 56.1. The predicted molar refractivity (Wildman–Crippen MR) is 173 cm³/mol. The van der Waals surface area contributed by atoms with Gasteiger partial charge in [-0.25, -0.2) is 17.6 Å². The zero-order valence-electron chi connectivity index (χ0n) is 27.4. The Morgan fingerprint density at radius 1 is 0.915 bits per heavy atom. The summed E-state index contributed by atoms with van der Waals surface area (Å²) in [6.07, 6.45) is 6.80. The SMILES string of the molecule is C=Cc1cc(NC(=O)[C@@H](NC(=O)c2ccnn2C(C)C)C(C2CCCCC2)C2CCCCC2)c(F)cc1C(C)C(=O)NC(F)C(F)F. The molecule has 2 aliphatic rings. The number of aromatic nitrogens is 2. The molecule has 1 heterocycles. The first-order valence-electron chi connectivity index (χ1n) is 16.8. The van der Waals surface area contributed by atoms with E-state index in [4.69, 9.17) is 0 Å². The van der Waals surface area contributed by atoms with Gasteiger partial charge in [-0.05, 0) is 67.9 Å². The number of anilines is 1. The van der Waals surface area contributed by atoms with Gasteiger partial charge in [0.2, 0.25) is 18.1 Å². The molecule has 2 aliphatic carbocycles. The van der Waals surface area contributed by atoms with E-state index in [-0.39, 0.29) is 40.6 Å². The van der Waals surface area contributed by atoms with E-state index >= 15 is 4.39 Å². The van der Waals surface area contributed by atoms with Crippen LogP contribution in [-0.2, 0) is 9.59 Å². The number of halogens is 4. The van der Waals surface area contributed by atoms with Crippen molar-refractivity contribution in [2.45, 2.75) is 116 Å². The molecule has 3 amide bonds. The van der Waals surface area contributed by atoms with Gasteiger partial charge in [0.25, 0.3) is 12.3 Å². The second-order valence-corrected chi connectivity index (χ2v) is 13.2. The minimum Gasteiger partial charge on any atom is -0.339 e. The summed E-state index contributed by atoms with van der Waals surface area (Å²) in [4.78, 5) is 40.6. The number of benzene rings is 1. The molecule has 0 radical (unpaired) electrons. The number of hydrogen-bond donors (Lipinski definition) is 3. The molecule has 0 bridgehead atoms. The van der Waals surface area contributed by atoms with Crippen molar-refractivity contribution >= 4 is 29.5 Å². The summed E-state index contributed by atoms with van der Waals surface area (Å²) in [6, 6.07) is 2.88. The molecule has 258 valence electrons. The maximum Gasteiger partial charge on any atom is 0.287 e. The fourth-order valence-corrected chi connectivity index (χ4v) is 7.35. The van der Waals surface area contributed by atoms with E-state index in [1.165, 1.54) is 19.1 Å². The number of rotatable bonds is 13. The standard InChI is InChI=1S/C35H47F4N5O3/c1-5-22-18-27(26(36)19-25(22)21(4)33(45)43-32(39)31(37)38)41-35(47)30(42-34(46)28-16-17-40-44(28)20(2)3)29(23-12-8-6-9-13-23)24-14-10-7-11-15-24/h5,16-21,23-24,29-32H,1,6-15H2,2-4H3,(H,41,47)(H,42,46)(H,43,45)/t21?,30-,32?/m0/s1. The Kier molecular flexibility index (Phi) is 12.6. The first kappa shape index (κ1) is 36.1. The molecule has 3 N–H and O–H groups in total. The normalized spacial score (nSPS) is 18.2. The van der Waals surface area contributed by atoms with Crippen LogP contribution in [0.15, 0.2) is 31.0 Å². The van der Waals surface area contributed by atoms with Crippen molar-refractivity contribution in [3.63, 3.8) is 0 Å². The Balaban J connectivity index is 1.68. The van der Waals surface area contributed by atoms with E-state index < -0.39 is 48.2 Å². The molecule has 3 atom stereocenters. The maximum absolute atomic E-state index is 15.7. The van der Waals surface area contributed by atoms with E-state index in [9.17, 15) is 27.6 Å². The van der Waals surface area contributed by atoms with Crippen LogP contribution in [0.2, 0.25) is 0 Å². The van der Waals surface area contributed by atoms with Crippen LogP contribution in [0, 0.1) is 23.6 Å². The predicted octanol–water partition coefficient (Wildman–Crippen LogP) is 7.54. The van der Waals surface area contributed by atoms with Gasteiger partial charge in [0, 0.05) is 12.2 Å². The highest BCUT2D eigenvalue weighted by molar-refractivity contribution is 6.01. The van der Waals surface area contributed by atoms with Crippen molar-refractivity contribution in [1.82, 2.24) is 20.4 Å². The van der Waals surface area contributed by atoms with Gasteiger partial charge in [0.05, 0.1) is 11.6 Å². The van der Waals surface area contributed by atoms with Crippen LogP contribution in [0.1, 0.15) is 119 Å². The zero-order valence-corrected chi connectivity index (χ0v) is 27.4. The molecule has 4 rings (SSSR count). The van der Waals surface area contributed by atoms with Crippen molar-refractivity contribution < 1.29 is 31.9 Å². The Hall–Kier alpha value is -3.70. The average Bonchev–Trinajstić information content (AvgIpc) is 3.56. The van der Waals surface area contributed by atoms with Gasteiger partial charge in [-0.1, -0.05) is 76.9 Å². The minimum absolute atomic E-state index is 0.0866. The lowest BCUT2D eigenvalue weighted by Gasteiger charge is -2.42. The van der Waals surface area contributed by atoms with Gasteiger partial charge in [-0.15, -0.1) is 0 Å². The molecule has 1 aromatic heterocycles. The summed E-state index contributed by atoms with van der Waals surface area (Å²) in [5, 5.41) is 11.6. The van der Waals surface area contributed by atoms with Crippen LogP contribution < -0.4 is 16.0 Å². The second kappa shape index (κ2) is 16.4. The molecule has 0 spiro atoms. The molecule has 47 heavy (non-hydrogen) atoms. The van der Waals surface area contributed by atoms with Crippen molar-refractivity contribution in [2.75, 3.05) is 5.32 Å². The van der Waals surface area contributed by atoms with Gasteiger partial charge in [-0.2, -0.15) is 5.10 Å². The lowest BCUT2D eigenvalue weighted by Crippen LogP contribution is -2.53. The van der Waals surface area contributed by atoms with Crippen LogP contribution in [-0.4, -0.2) is 46.3 Å². The van der Waals surface area contributed by atoms with Gasteiger partial charge < -0.3 is 16.0 Å². The van der Waals surface area contributed by atoms with E-state index in [1.807, 2.05) is 13.8 Å². The lowest BCUT2D eigenvalue weighted by molar-refractivity contribution is -0.126. The zero-order chi connectivity index (χ0) is 34.2. The molecule has 0 aliphatic heterocycles. The molecular formula is C35H47F4N5O3. The highest BCUT2D eigenvalue weighted by atomic mass is 19.3. The Morgan fingerprint density at radius 3 is 2.04 bits per heavy atom. The molecule has 2 unspecified atom stereocenters. The Bertz CT molecular complexity index is 1380. The summed E-state index contributed by atoms with van der Waals surface area (Å²) >= 11 is 0. The molecule has 2 aromatic rings. The van der Waals surface area contributed by atoms with Crippen molar-refractivity contribution in [3.05, 3.63) is 53.6 Å². The van der Waals surface area contributed by atoms with Gasteiger partial charge >= 0.3 is 0 Å². The topological polar surface area (TPSA) is 105 Å². The van der Waals surface area contributed by atoms with Gasteiger partial charge in [0.15, 0.2) is 0 Å². The van der Waals surface area contributed by atoms with Crippen LogP contribution >= 0.6 is 0 Å². The summed E-state index contributed by atoms with van der Waals surface area (Å²) in [5.41, 5.74) is 0.482. The number of amides is 3. The van der Waals surface area contributed by atoms with Crippen LogP contribution in [0.25, 0.3) is 6.08 Å². The maximum atomic E-state index is 15.7.